The van der Waals surface area contributed by atoms with Crippen LogP contribution in [0.4, 0.5) is 0 Å². The number of hydrogen-bond donors (Lipinski definition) is 1. The zero-order valence-corrected chi connectivity index (χ0v) is 13.9. The van der Waals surface area contributed by atoms with E-state index in [9.17, 15) is 5.11 Å². The van der Waals surface area contributed by atoms with Crippen LogP contribution in [0.2, 0.25) is 0 Å². The molecule has 7 nitrogen and oxygen atoms in total. The molecular formula is C15H28O7. The summed E-state index contributed by atoms with van der Waals surface area (Å²) in [7, 11) is 4.84. The fourth-order valence-corrected chi connectivity index (χ4v) is 3.08. The highest BCUT2D eigenvalue weighted by Gasteiger charge is 2.42. The van der Waals surface area contributed by atoms with Crippen LogP contribution in [0.25, 0.3) is 0 Å². The second-order valence-corrected chi connectivity index (χ2v) is 5.89. The highest BCUT2D eigenvalue weighted by Crippen LogP contribution is 2.30. The highest BCUT2D eigenvalue weighted by molar-refractivity contribution is 4.86. The van der Waals surface area contributed by atoms with E-state index in [4.69, 9.17) is 28.4 Å². The average molecular weight is 320 g/mol. The van der Waals surface area contributed by atoms with Crippen LogP contribution in [-0.2, 0) is 28.4 Å². The second-order valence-electron chi connectivity index (χ2n) is 5.89. The van der Waals surface area contributed by atoms with Gasteiger partial charge in [-0.2, -0.15) is 0 Å². The predicted molar refractivity (Wildman–Crippen MR) is 77.4 cm³/mol. The number of methoxy groups -OCH3 is 3. The molecule has 0 aliphatic carbocycles. The molecule has 0 aromatic heterocycles. The van der Waals surface area contributed by atoms with E-state index in [2.05, 4.69) is 0 Å². The molecule has 7 heteroatoms. The van der Waals surface area contributed by atoms with Gasteiger partial charge < -0.3 is 33.5 Å². The van der Waals surface area contributed by atoms with Crippen molar-refractivity contribution in [2.45, 2.75) is 75.9 Å². The molecule has 1 unspecified atom stereocenters. The fourth-order valence-electron chi connectivity index (χ4n) is 3.08. The molecule has 2 fully saturated rings. The summed E-state index contributed by atoms with van der Waals surface area (Å²) in [6.45, 7) is 3.73. The lowest BCUT2D eigenvalue weighted by Gasteiger charge is -2.43. The van der Waals surface area contributed by atoms with Crippen LogP contribution in [-0.4, -0.2) is 75.6 Å². The average Bonchev–Trinajstić information content (AvgIpc) is 2.52. The minimum atomic E-state index is -0.652. The summed E-state index contributed by atoms with van der Waals surface area (Å²) in [6.07, 6.45) is -1.58. The van der Waals surface area contributed by atoms with Crippen LogP contribution in [0.15, 0.2) is 0 Å². The van der Waals surface area contributed by atoms with Crippen molar-refractivity contribution in [3.05, 3.63) is 0 Å². The Morgan fingerprint density at radius 2 is 1.41 bits per heavy atom. The molecule has 130 valence electrons. The van der Waals surface area contributed by atoms with Crippen molar-refractivity contribution in [3.8, 4) is 0 Å². The van der Waals surface area contributed by atoms with Gasteiger partial charge in [0.2, 0.25) is 0 Å². The van der Waals surface area contributed by atoms with E-state index in [1.165, 1.54) is 0 Å². The van der Waals surface area contributed by atoms with E-state index in [0.717, 1.165) is 0 Å². The van der Waals surface area contributed by atoms with Crippen molar-refractivity contribution in [2.75, 3.05) is 21.3 Å². The van der Waals surface area contributed by atoms with Gasteiger partial charge in [0.05, 0.1) is 24.4 Å². The molecule has 2 aliphatic rings. The SMILES string of the molecule is COC1C[C@H](OC)[C@@H](O[C@H]2C[C@H](OC)[C@H](O)[C@H](C)O2)[C@H](C)O1. The van der Waals surface area contributed by atoms with Crippen LogP contribution in [0.5, 0.6) is 0 Å². The summed E-state index contributed by atoms with van der Waals surface area (Å²) < 4.78 is 33.7. The Morgan fingerprint density at radius 3 is 2.00 bits per heavy atom. The lowest BCUT2D eigenvalue weighted by Crippen LogP contribution is -2.54. The Balaban J connectivity index is 1.99. The van der Waals surface area contributed by atoms with E-state index in [-0.39, 0.29) is 36.8 Å². The summed E-state index contributed by atoms with van der Waals surface area (Å²) in [5, 5.41) is 10.0. The molecule has 0 bridgehead atoms. The minimum Gasteiger partial charge on any atom is -0.388 e. The van der Waals surface area contributed by atoms with Gasteiger partial charge in [-0.15, -0.1) is 0 Å². The fraction of sp³-hybridized carbons (Fsp3) is 1.00. The maximum absolute atomic E-state index is 10.0. The molecular weight excluding hydrogens is 292 g/mol. The topological polar surface area (TPSA) is 75.6 Å². The van der Waals surface area contributed by atoms with Crippen LogP contribution in [0, 0.1) is 0 Å². The van der Waals surface area contributed by atoms with Gasteiger partial charge in [0.1, 0.15) is 12.2 Å². The zero-order valence-electron chi connectivity index (χ0n) is 13.9. The third-order valence-corrected chi connectivity index (χ3v) is 4.45. The lowest BCUT2D eigenvalue weighted by atomic mass is 10.00. The third-order valence-electron chi connectivity index (χ3n) is 4.45. The minimum absolute atomic E-state index is 0.138. The quantitative estimate of drug-likeness (QED) is 0.798. The zero-order chi connectivity index (χ0) is 16.3. The van der Waals surface area contributed by atoms with Gasteiger partial charge in [0, 0.05) is 34.2 Å². The predicted octanol–water partition coefficient (Wildman–Crippen LogP) is 0.679. The van der Waals surface area contributed by atoms with Gasteiger partial charge in [0.15, 0.2) is 12.6 Å². The molecule has 0 aromatic carbocycles. The van der Waals surface area contributed by atoms with Gasteiger partial charge in [-0.1, -0.05) is 0 Å². The molecule has 1 N–H and O–H groups in total. The summed E-state index contributed by atoms with van der Waals surface area (Å²) in [5.74, 6) is 0. The first-order valence-corrected chi connectivity index (χ1v) is 7.73. The Bertz CT molecular complexity index is 340. The molecule has 8 atom stereocenters. The molecule has 2 aliphatic heterocycles. The number of hydrogen-bond acceptors (Lipinski definition) is 7. The van der Waals surface area contributed by atoms with Crippen molar-refractivity contribution in [2.24, 2.45) is 0 Å². The lowest BCUT2D eigenvalue weighted by molar-refractivity contribution is -0.312. The highest BCUT2D eigenvalue weighted by atomic mass is 16.7. The summed E-state index contributed by atoms with van der Waals surface area (Å²) in [4.78, 5) is 0. The molecule has 0 radical (unpaired) electrons. The van der Waals surface area contributed by atoms with E-state index in [1.54, 1.807) is 21.3 Å². The maximum Gasteiger partial charge on any atom is 0.161 e. The van der Waals surface area contributed by atoms with Crippen molar-refractivity contribution in [1.29, 1.82) is 0 Å². The summed E-state index contributed by atoms with van der Waals surface area (Å²) in [6, 6.07) is 0. The third kappa shape index (κ3) is 3.97. The monoisotopic (exact) mass is 320 g/mol. The number of rotatable bonds is 5. The molecule has 0 saturated carbocycles. The Kier molecular flexibility index (Phi) is 6.58. The Morgan fingerprint density at radius 1 is 0.818 bits per heavy atom. The van der Waals surface area contributed by atoms with Crippen molar-refractivity contribution in [1.82, 2.24) is 0 Å². The first-order chi connectivity index (χ1) is 10.5. The summed E-state index contributed by atoms with van der Waals surface area (Å²) >= 11 is 0. The van der Waals surface area contributed by atoms with Gasteiger partial charge in [0.25, 0.3) is 0 Å². The molecule has 2 saturated heterocycles. The molecule has 0 amide bonds. The van der Waals surface area contributed by atoms with Crippen molar-refractivity contribution < 1.29 is 33.5 Å². The van der Waals surface area contributed by atoms with Crippen molar-refractivity contribution >= 4 is 0 Å². The molecule has 0 aromatic rings. The molecule has 22 heavy (non-hydrogen) atoms. The van der Waals surface area contributed by atoms with Crippen LogP contribution in [0.1, 0.15) is 26.7 Å². The smallest absolute Gasteiger partial charge is 0.161 e. The first-order valence-electron chi connectivity index (χ1n) is 7.73. The Labute approximate surface area is 131 Å². The van der Waals surface area contributed by atoms with E-state index < -0.39 is 12.4 Å². The van der Waals surface area contributed by atoms with Crippen LogP contribution in [0.3, 0.4) is 0 Å². The summed E-state index contributed by atoms with van der Waals surface area (Å²) in [5.41, 5.74) is 0. The van der Waals surface area contributed by atoms with E-state index in [1.807, 2.05) is 13.8 Å². The van der Waals surface area contributed by atoms with Gasteiger partial charge in [-0.25, -0.2) is 0 Å². The normalized spacial score (nSPS) is 46.6. The molecule has 0 spiro atoms. The number of aliphatic hydroxyl groups is 1. The maximum atomic E-state index is 10.0. The number of ether oxygens (including phenoxy) is 6. The van der Waals surface area contributed by atoms with Crippen LogP contribution < -0.4 is 0 Å². The first kappa shape index (κ1) is 18.1. The molecule has 2 rings (SSSR count). The van der Waals surface area contributed by atoms with Crippen LogP contribution >= 0.6 is 0 Å². The molecule has 2 heterocycles. The van der Waals surface area contributed by atoms with Crippen molar-refractivity contribution in [3.63, 3.8) is 0 Å². The number of aliphatic hydroxyl groups excluding tert-OH is 1. The van der Waals surface area contributed by atoms with E-state index >= 15 is 0 Å². The second kappa shape index (κ2) is 8.01. The van der Waals surface area contributed by atoms with E-state index in [0.29, 0.717) is 12.8 Å². The van der Waals surface area contributed by atoms with Gasteiger partial charge in [-0.3, -0.25) is 0 Å². The Hall–Kier alpha value is -0.280. The standard InChI is InChI=1S/C15H28O7/c1-8-14(16)10(17-3)6-13(20-8)22-15-9(2)21-12(19-5)7-11(15)18-4/h8-16H,6-7H2,1-5H3/t8-,9-,10-,11-,12?,13-,14+,15-/m0/s1. The largest absolute Gasteiger partial charge is 0.388 e. The van der Waals surface area contributed by atoms with Gasteiger partial charge in [-0.05, 0) is 13.8 Å². The van der Waals surface area contributed by atoms with Gasteiger partial charge >= 0.3 is 0 Å².